The van der Waals surface area contributed by atoms with Crippen LogP contribution in [0.4, 0.5) is 5.82 Å². The molecule has 2 heterocycles. The SMILES string of the molecule is CC(C)(C)c1cc(NC(=O)COc2ccccc2-c2ccccc2)n([C@@H]2CCS(=O)(=O)C2)n1. The van der Waals surface area contributed by atoms with Crippen LogP contribution in [-0.4, -0.2) is 42.2 Å². The van der Waals surface area contributed by atoms with Crippen LogP contribution in [0.2, 0.25) is 0 Å². The lowest BCUT2D eigenvalue weighted by Gasteiger charge is -2.16. The number of nitrogens with one attached hydrogen (secondary N) is 1. The molecule has 0 bridgehead atoms. The molecule has 1 saturated heterocycles. The first-order chi connectivity index (χ1) is 15.6. The van der Waals surface area contributed by atoms with Gasteiger partial charge in [-0.1, -0.05) is 69.3 Å². The van der Waals surface area contributed by atoms with Crippen molar-refractivity contribution >= 4 is 21.6 Å². The van der Waals surface area contributed by atoms with Gasteiger partial charge in [-0.25, -0.2) is 13.1 Å². The minimum Gasteiger partial charge on any atom is -0.483 e. The molecule has 1 atom stereocenters. The maximum absolute atomic E-state index is 12.8. The largest absolute Gasteiger partial charge is 0.483 e. The van der Waals surface area contributed by atoms with Gasteiger partial charge < -0.3 is 10.1 Å². The standard InChI is InChI=1S/C25H29N3O4S/c1-25(2,3)22-15-23(28(27-22)19-13-14-33(30,31)17-19)26-24(29)16-32-21-12-8-7-11-20(21)18-9-5-4-6-10-18/h4-12,15,19H,13-14,16-17H2,1-3H3,(H,26,29)/t19-/m1/s1. The Morgan fingerprint density at radius 2 is 1.82 bits per heavy atom. The second kappa shape index (κ2) is 9.02. The summed E-state index contributed by atoms with van der Waals surface area (Å²) in [5.74, 6) is 0.939. The number of amides is 1. The number of benzene rings is 2. The van der Waals surface area contributed by atoms with E-state index in [2.05, 4.69) is 10.4 Å². The highest BCUT2D eigenvalue weighted by atomic mass is 32.2. The highest BCUT2D eigenvalue weighted by Gasteiger charge is 2.33. The van der Waals surface area contributed by atoms with Gasteiger partial charge in [-0.2, -0.15) is 5.10 Å². The maximum atomic E-state index is 12.8. The lowest BCUT2D eigenvalue weighted by Crippen LogP contribution is -2.24. The van der Waals surface area contributed by atoms with Crippen LogP contribution in [0.1, 0.15) is 38.9 Å². The summed E-state index contributed by atoms with van der Waals surface area (Å²) >= 11 is 0. The Balaban J connectivity index is 1.51. The summed E-state index contributed by atoms with van der Waals surface area (Å²) in [5.41, 5.74) is 2.45. The molecule has 7 nitrogen and oxygen atoms in total. The molecule has 174 valence electrons. The van der Waals surface area contributed by atoms with Gasteiger partial charge in [-0.05, 0) is 18.1 Å². The third kappa shape index (κ3) is 5.45. The van der Waals surface area contributed by atoms with E-state index in [0.29, 0.717) is 18.0 Å². The molecule has 1 aliphatic heterocycles. The van der Waals surface area contributed by atoms with Crippen LogP contribution in [0.5, 0.6) is 5.75 Å². The number of hydrogen-bond donors (Lipinski definition) is 1. The van der Waals surface area contributed by atoms with Gasteiger partial charge in [-0.3, -0.25) is 4.79 Å². The summed E-state index contributed by atoms with van der Waals surface area (Å²) < 4.78 is 31.5. The van der Waals surface area contributed by atoms with Crippen molar-refractivity contribution in [3.8, 4) is 16.9 Å². The third-order valence-corrected chi connectivity index (χ3v) is 7.41. The third-order valence-electron chi connectivity index (χ3n) is 5.66. The average molecular weight is 468 g/mol. The van der Waals surface area contributed by atoms with E-state index in [9.17, 15) is 13.2 Å². The number of carbonyl (C=O) groups is 1. The van der Waals surface area contributed by atoms with Crippen molar-refractivity contribution in [2.24, 2.45) is 0 Å². The minimum atomic E-state index is -3.09. The predicted molar refractivity (Wildman–Crippen MR) is 129 cm³/mol. The van der Waals surface area contributed by atoms with Crippen molar-refractivity contribution in [3.63, 3.8) is 0 Å². The monoisotopic (exact) mass is 467 g/mol. The van der Waals surface area contributed by atoms with Crippen molar-refractivity contribution in [2.45, 2.75) is 38.6 Å². The first-order valence-electron chi connectivity index (χ1n) is 11.0. The Labute approximate surface area is 194 Å². The number of anilines is 1. The Hall–Kier alpha value is -3.13. The Morgan fingerprint density at radius 1 is 1.12 bits per heavy atom. The second-order valence-corrected chi connectivity index (χ2v) is 11.6. The molecule has 0 aliphatic carbocycles. The summed E-state index contributed by atoms with van der Waals surface area (Å²) in [6.45, 7) is 5.91. The van der Waals surface area contributed by atoms with Gasteiger partial charge >= 0.3 is 0 Å². The van der Waals surface area contributed by atoms with Gasteiger partial charge in [0, 0.05) is 17.0 Å². The highest BCUT2D eigenvalue weighted by Crippen LogP contribution is 2.32. The summed E-state index contributed by atoms with van der Waals surface area (Å²) in [6.07, 6.45) is 0.484. The zero-order valence-corrected chi connectivity index (χ0v) is 19.9. The number of aromatic nitrogens is 2. The molecular weight excluding hydrogens is 438 g/mol. The zero-order chi connectivity index (χ0) is 23.6. The Kier molecular flexibility index (Phi) is 6.30. The van der Waals surface area contributed by atoms with Crippen LogP contribution in [0.15, 0.2) is 60.7 Å². The molecule has 1 fully saturated rings. The number of ether oxygens (including phenoxy) is 1. The first kappa shape index (κ1) is 23.0. The van der Waals surface area contributed by atoms with Crippen molar-refractivity contribution in [3.05, 3.63) is 66.4 Å². The number of para-hydroxylation sites is 1. The molecule has 2 aromatic carbocycles. The average Bonchev–Trinajstić information content (AvgIpc) is 3.36. The fourth-order valence-corrected chi connectivity index (χ4v) is 5.56. The van der Waals surface area contributed by atoms with Gasteiger partial charge in [0.1, 0.15) is 11.6 Å². The molecule has 0 unspecified atom stereocenters. The van der Waals surface area contributed by atoms with E-state index in [-0.39, 0.29) is 35.5 Å². The van der Waals surface area contributed by atoms with Crippen molar-refractivity contribution in [1.29, 1.82) is 0 Å². The number of hydrogen-bond acceptors (Lipinski definition) is 5. The molecule has 4 rings (SSSR count). The first-order valence-corrected chi connectivity index (χ1v) is 12.8. The van der Waals surface area contributed by atoms with Gasteiger partial charge in [0.2, 0.25) is 0 Å². The fourth-order valence-electron chi connectivity index (χ4n) is 3.87. The molecule has 1 aromatic heterocycles. The predicted octanol–water partition coefficient (Wildman–Crippen LogP) is 4.22. The zero-order valence-electron chi connectivity index (χ0n) is 19.1. The van der Waals surface area contributed by atoms with Crippen LogP contribution in [0.25, 0.3) is 11.1 Å². The summed E-state index contributed by atoms with van der Waals surface area (Å²) in [4.78, 5) is 12.8. The van der Waals surface area contributed by atoms with E-state index in [1.165, 1.54) is 0 Å². The number of sulfone groups is 1. The van der Waals surface area contributed by atoms with Crippen LogP contribution in [0.3, 0.4) is 0 Å². The van der Waals surface area contributed by atoms with Crippen LogP contribution in [-0.2, 0) is 20.0 Å². The van der Waals surface area contributed by atoms with Crippen LogP contribution >= 0.6 is 0 Å². The lowest BCUT2D eigenvalue weighted by molar-refractivity contribution is -0.118. The molecule has 0 spiro atoms. The summed E-state index contributed by atoms with van der Waals surface area (Å²) in [7, 11) is -3.09. The minimum absolute atomic E-state index is 0.0298. The summed E-state index contributed by atoms with van der Waals surface area (Å²) in [5, 5.41) is 7.53. The van der Waals surface area contributed by atoms with E-state index in [1.54, 1.807) is 4.68 Å². The topological polar surface area (TPSA) is 90.3 Å². The number of rotatable bonds is 6. The maximum Gasteiger partial charge on any atom is 0.263 e. The molecule has 0 saturated carbocycles. The smallest absolute Gasteiger partial charge is 0.263 e. The fraction of sp³-hybridized carbons (Fsp3) is 0.360. The normalized spacial score (nSPS) is 17.6. The quantitative estimate of drug-likeness (QED) is 0.586. The van der Waals surface area contributed by atoms with E-state index in [4.69, 9.17) is 4.74 Å². The van der Waals surface area contributed by atoms with E-state index in [0.717, 1.165) is 16.8 Å². The van der Waals surface area contributed by atoms with Gasteiger partial charge in [0.05, 0.1) is 23.2 Å². The molecule has 33 heavy (non-hydrogen) atoms. The van der Waals surface area contributed by atoms with E-state index in [1.807, 2.05) is 81.4 Å². The van der Waals surface area contributed by atoms with Gasteiger partial charge in [0.15, 0.2) is 16.4 Å². The molecular formula is C25H29N3O4S. The van der Waals surface area contributed by atoms with Crippen LogP contribution < -0.4 is 10.1 Å². The summed E-state index contributed by atoms with van der Waals surface area (Å²) in [6, 6.07) is 18.9. The molecule has 0 radical (unpaired) electrons. The molecule has 3 aromatic rings. The van der Waals surface area contributed by atoms with E-state index < -0.39 is 9.84 Å². The van der Waals surface area contributed by atoms with Crippen molar-refractivity contribution in [2.75, 3.05) is 23.4 Å². The highest BCUT2D eigenvalue weighted by molar-refractivity contribution is 7.91. The van der Waals surface area contributed by atoms with Crippen molar-refractivity contribution in [1.82, 2.24) is 9.78 Å². The molecule has 8 heteroatoms. The Bertz CT molecular complexity index is 1240. The van der Waals surface area contributed by atoms with Gasteiger partial charge in [0.25, 0.3) is 5.91 Å². The molecule has 1 N–H and O–H groups in total. The van der Waals surface area contributed by atoms with Crippen LogP contribution in [0, 0.1) is 0 Å². The number of nitrogens with zero attached hydrogens (tertiary/aromatic N) is 2. The van der Waals surface area contributed by atoms with Gasteiger partial charge in [-0.15, -0.1) is 0 Å². The second-order valence-electron chi connectivity index (χ2n) is 9.37. The lowest BCUT2D eigenvalue weighted by atomic mass is 9.92. The van der Waals surface area contributed by atoms with Crippen molar-refractivity contribution < 1.29 is 17.9 Å². The van der Waals surface area contributed by atoms with E-state index >= 15 is 0 Å². The number of carbonyl (C=O) groups excluding carboxylic acids is 1. The Morgan fingerprint density at radius 3 is 2.48 bits per heavy atom. The molecule has 1 amide bonds. The molecule has 1 aliphatic rings.